The van der Waals surface area contributed by atoms with Gasteiger partial charge in [0.1, 0.15) is 5.82 Å². The normalized spacial score (nSPS) is 23.4. The Labute approximate surface area is 148 Å². The Hall–Kier alpha value is -1.69. The van der Waals surface area contributed by atoms with Gasteiger partial charge in [-0.2, -0.15) is 0 Å². The first-order chi connectivity index (χ1) is 11.5. The van der Waals surface area contributed by atoms with Gasteiger partial charge in [-0.3, -0.25) is 15.6 Å². The van der Waals surface area contributed by atoms with Gasteiger partial charge in [-0.05, 0) is 54.6 Å². The van der Waals surface area contributed by atoms with Crippen molar-refractivity contribution in [1.29, 1.82) is 0 Å². The van der Waals surface area contributed by atoms with Crippen LogP contribution in [0, 0.1) is 17.7 Å². The Bertz CT molecular complexity index is 564. The molecule has 0 bridgehead atoms. The topological polar surface area (TPSA) is 53.2 Å². The molecule has 1 amide bonds. The average molecular weight is 351 g/mol. The molecule has 1 aromatic carbocycles. The second-order valence-electron chi connectivity index (χ2n) is 6.65. The zero-order valence-electron chi connectivity index (χ0n) is 14.3. The number of aryl methyl sites for hydroxylation is 1. The summed E-state index contributed by atoms with van der Waals surface area (Å²) in [5.41, 5.74) is 6.31. The highest BCUT2D eigenvalue weighted by molar-refractivity contribution is 7.80. The Morgan fingerprint density at radius 2 is 1.92 bits per heavy atom. The van der Waals surface area contributed by atoms with Gasteiger partial charge < -0.3 is 5.32 Å². The highest BCUT2D eigenvalue weighted by Gasteiger charge is 2.27. The number of halogens is 1. The highest BCUT2D eigenvalue weighted by Crippen LogP contribution is 2.29. The van der Waals surface area contributed by atoms with Gasteiger partial charge in [0, 0.05) is 12.5 Å². The van der Waals surface area contributed by atoms with Gasteiger partial charge in [0.05, 0.1) is 0 Å². The summed E-state index contributed by atoms with van der Waals surface area (Å²) in [4.78, 5) is 11.9. The third-order valence-electron chi connectivity index (χ3n) is 4.89. The first-order valence-corrected chi connectivity index (χ1v) is 8.96. The van der Waals surface area contributed by atoms with E-state index in [9.17, 15) is 9.18 Å². The van der Waals surface area contributed by atoms with Crippen LogP contribution < -0.4 is 16.2 Å². The summed E-state index contributed by atoms with van der Waals surface area (Å²) in [5.74, 6) is 0.832. The van der Waals surface area contributed by atoms with Crippen molar-refractivity contribution < 1.29 is 9.18 Å². The number of benzene rings is 1. The van der Waals surface area contributed by atoms with Crippen molar-refractivity contribution in [3.05, 3.63) is 35.6 Å². The minimum absolute atomic E-state index is 0.145. The molecule has 0 aromatic heterocycles. The molecule has 0 radical (unpaired) electrons. The summed E-state index contributed by atoms with van der Waals surface area (Å²) < 4.78 is 12.8. The molecule has 1 aliphatic carbocycles. The summed E-state index contributed by atoms with van der Waals surface area (Å²) in [6, 6.07) is 6.53. The number of hydrazine groups is 1. The number of thiocarbonyl (C=S) groups is 1. The van der Waals surface area contributed by atoms with Crippen LogP contribution >= 0.6 is 12.2 Å². The van der Waals surface area contributed by atoms with Crippen LogP contribution in [0.2, 0.25) is 0 Å². The molecule has 1 aromatic rings. The quantitative estimate of drug-likeness (QED) is 0.576. The van der Waals surface area contributed by atoms with E-state index in [1.54, 1.807) is 12.1 Å². The highest BCUT2D eigenvalue weighted by atomic mass is 32.1. The average Bonchev–Trinajstić information content (AvgIpc) is 2.56. The largest absolute Gasteiger partial charge is 0.358 e. The standard InChI is InChI=1S/C18H26FN3OS/c1-12-4-3-5-16(13(12)2)20-18(24)22-21-17(23)11-8-14-6-9-15(19)10-7-14/h6-7,9-10,12-13,16H,3-5,8,11H2,1-2H3,(H,21,23)(H2,20,22,24)/t12-,13-,16+/m1/s1. The fraction of sp³-hybridized carbons (Fsp3) is 0.556. The zero-order valence-corrected chi connectivity index (χ0v) is 15.1. The monoisotopic (exact) mass is 351 g/mol. The van der Waals surface area contributed by atoms with Gasteiger partial charge in [0.2, 0.25) is 5.91 Å². The van der Waals surface area contributed by atoms with Crippen molar-refractivity contribution in [1.82, 2.24) is 16.2 Å². The van der Waals surface area contributed by atoms with Crippen LogP contribution in [-0.2, 0) is 11.2 Å². The van der Waals surface area contributed by atoms with Crippen molar-refractivity contribution in [2.75, 3.05) is 0 Å². The summed E-state index contributed by atoms with van der Waals surface area (Å²) >= 11 is 5.26. The lowest BCUT2D eigenvalue weighted by atomic mass is 9.78. The van der Waals surface area contributed by atoms with Crippen LogP contribution in [0.4, 0.5) is 4.39 Å². The molecule has 132 valence electrons. The lowest BCUT2D eigenvalue weighted by Gasteiger charge is -2.35. The number of hydrogen-bond donors (Lipinski definition) is 3. The van der Waals surface area contributed by atoms with Gasteiger partial charge in [-0.15, -0.1) is 0 Å². The SMILES string of the molecule is C[C@@H]1[C@H](C)CCC[C@@H]1NC(=S)NNC(=O)CCc1ccc(F)cc1. The Balaban J connectivity index is 1.67. The van der Waals surface area contributed by atoms with E-state index in [0.717, 1.165) is 12.0 Å². The number of hydrogen-bond acceptors (Lipinski definition) is 2. The number of amides is 1. The molecule has 0 unspecified atom stereocenters. The third kappa shape index (κ3) is 5.74. The van der Waals surface area contributed by atoms with E-state index < -0.39 is 0 Å². The van der Waals surface area contributed by atoms with Crippen molar-refractivity contribution in [3.63, 3.8) is 0 Å². The van der Waals surface area contributed by atoms with E-state index in [0.29, 0.717) is 35.8 Å². The molecule has 2 rings (SSSR count). The maximum absolute atomic E-state index is 12.8. The Morgan fingerprint density at radius 1 is 1.21 bits per heavy atom. The Morgan fingerprint density at radius 3 is 2.62 bits per heavy atom. The van der Waals surface area contributed by atoms with Gasteiger partial charge in [-0.1, -0.05) is 38.8 Å². The first-order valence-electron chi connectivity index (χ1n) is 8.55. The van der Waals surface area contributed by atoms with Gasteiger partial charge >= 0.3 is 0 Å². The fourth-order valence-electron chi connectivity index (χ4n) is 3.09. The van der Waals surface area contributed by atoms with E-state index >= 15 is 0 Å². The van der Waals surface area contributed by atoms with Gasteiger partial charge in [-0.25, -0.2) is 4.39 Å². The lowest BCUT2D eigenvalue weighted by Crippen LogP contribution is -2.52. The third-order valence-corrected chi connectivity index (χ3v) is 5.11. The minimum Gasteiger partial charge on any atom is -0.358 e. The first kappa shape index (κ1) is 18.6. The number of nitrogens with one attached hydrogen (secondary N) is 3. The fourth-order valence-corrected chi connectivity index (χ4v) is 3.29. The zero-order chi connectivity index (χ0) is 17.5. The maximum atomic E-state index is 12.8. The summed E-state index contributed by atoms with van der Waals surface area (Å²) in [6.07, 6.45) is 4.45. The van der Waals surface area contributed by atoms with E-state index in [1.807, 2.05) is 0 Å². The summed E-state index contributed by atoms with van der Waals surface area (Å²) in [5, 5.41) is 3.75. The van der Waals surface area contributed by atoms with Crippen molar-refractivity contribution in [2.45, 2.75) is 52.0 Å². The molecule has 4 nitrogen and oxygen atoms in total. The van der Waals surface area contributed by atoms with E-state index in [1.165, 1.54) is 25.0 Å². The molecule has 24 heavy (non-hydrogen) atoms. The van der Waals surface area contributed by atoms with Gasteiger partial charge in [0.15, 0.2) is 5.11 Å². The molecular weight excluding hydrogens is 325 g/mol. The molecular formula is C18H26FN3OS. The minimum atomic E-state index is -0.271. The molecule has 1 aliphatic rings. The number of rotatable bonds is 4. The summed E-state index contributed by atoms with van der Waals surface area (Å²) in [6.45, 7) is 4.51. The van der Waals surface area contributed by atoms with Crippen molar-refractivity contribution >= 4 is 23.2 Å². The predicted molar refractivity (Wildman–Crippen MR) is 97.7 cm³/mol. The smallest absolute Gasteiger partial charge is 0.238 e. The molecule has 6 heteroatoms. The molecule has 0 spiro atoms. The molecule has 3 atom stereocenters. The number of carbonyl (C=O) groups excluding carboxylic acids is 1. The van der Waals surface area contributed by atoms with E-state index in [-0.39, 0.29) is 11.7 Å². The van der Waals surface area contributed by atoms with E-state index in [4.69, 9.17) is 12.2 Å². The second-order valence-corrected chi connectivity index (χ2v) is 7.06. The van der Waals surface area contributed by atoms with Crippen LogP contribution in [0.5, 0.6) is 0 Å². The van der Waals surface area contributed by atoms with Crippen LogP contribution in [0.1, 0.15) is 45.1 Å². The molecule has 1 fully saturated rings. The van der Waals surface area contributed by atoms with Crippen LogP contribution in [0.3, 0.4) is 0 Å². The molecule has 0 saturated heterocycles. The van der Waals surface area contributed by atoms with Crippen molar-refractivity contribution in [2.24, 2.45) is 11.8 Å². The molecule has 3 N–H and O–H groups in total. The van der Waals surface area contributed by atoms with Crippen LogP contribution in [0.15, 0.2) is 24.3 Å². The predicted octanol–water partition coefficient (Wildman–Crippen LogP) is 3.08. The van der Waals surface area contributed by atoms with E-state index in [2.05, 4.69) is 30.0 Å². The van der Waals surface area contributed by atoms with Crippen LogP contribution in [0.25, 0.3) is 0 Å². The molecule has 0 aliphatic heterocycles. The second kappa shape index (κ2) is 8.97. The molecule has 1 saturated carbocycles. The maximum Gasteiger partial charge on any atom is 0.238 e. The van der Waals surface area contributed by atoms with Crippen LogP contribution in [-0.4, -0.2) is 17.1 Å². The number of carbonyl (C=O) groups is 1. The van der Waals surface area contributed by atoms with Crippen molar-refractivity contribution in [3.8, 4) is 0 Å². The summed E-state index contributed by atoms with van der Waals surface area (Å²) in [7, 11) is 0. The lowest BCUT2D eigenvalue weighted by molar-refractivity contribution is -0.121. The Kier molecular flexibility index (Phi) is 6.97. The molecule has 0 heterocycles. The van der Waals surface area contributed by atoms with Gasteiger partial charge in [0.25, 0.3) is 0 Å².